The molecule has 0 spiro atoms. The molecule has 124 valence electrons. The minimum atomic E-state index is -0.0783. The van der Waals surface area contributed by atoms with Crippen molar-refractivity contribution in [3.8, 4) is 0 Å². The lowest BCUT2D eigenvalue weighted by Gasteiger charge is -2.25. The first-order valence-electron chi connectivity index (χ1n) is 7.94. The lowest BCUT2D eigenvalue weighted by Crippen LogP contribution is -2.47. The van der Waals surface area contributed by atoms with Gasteiger partial charge in [0.25, 0.3) is 0 Å². The number of nitrogens with zero attached hydrogens (tertiary/aromatic N) is 1. The number of halogens is 1. The summed E-state index contributed by atoms with van der Waals surface area (Å²) in [5.41, 5.74) is 5.67. The minimum absolute atomic E-state index is 0. The summed E-state index contributed by atoms with van der Waals surface area (Å²) in [7, 11) is 0. The molecule has 2 amide bonds. The number of likely N-dealkylation sites (tertiary alicyclic amines) is 1. The monoisotopic (exact) mass is 319 g/mol. The summed E-state index contributed by atoms with van der Waals surface area (Å²) in [6.45, 7) is 3.46. The zero-order chi connectivity index (χ0) is 14.8. The maximum absolute atomic E-state index is 12.0. The third-order valence-corrected chi connectivity index (χ3v) is 3.81. The van der Waals surface area contributed by atoms with Gasteiger partial charge >= 0.3 is 0 Å². The molecule has 0 aromatic heterocycles. The van der Waals surface area contributed by atoms with Crippen molar-refractivity contribution in [2.45, 2.75) is 64.3 Å². The zero-order valence-corrected chi connectivity index (χ0v) is 13.9. The van der Waals surface area contributed by atoms with Crippen molar-refractivity contribution in [2.75, 3.05) is 19.6 Å². The van der Waals surface area contributed by atoms with Gasteiger partial charge in [0.15, 0.2) is 0 Å². The van der Waals surface area contributed by atoms with Crippen LogP contribution in [-0.2, 0) is 9.59 Å². The Kier molecular flexibility index (Phi) is 11.4. The molecule has 6 heteroatoms. The second-order valence-electron chi connectivity index (χ2n) is 5.62. The smallest absolute Gasteiger partial charge is 0.239 e. The van der Waals surface area contributed by atoms with Crippen molar-refractivity contribution in [3.05, 3.63) is 0 Å². The van der Waals surface area contributed by atoms with Gasteiger partial charge in [-0.2, -0.15) is 0 Å². The molecule has 0 radical (unpaired) electrons. The highest BCUT2D eigenvalue weighted by atomic mass is 35.5. The molecule has 1 unspecified atom stereocenters. The fraction of sp³-hybridized carbons (Fsp3) is 0.867. The zero-order valence-electron chi connectivity index (χ0n) is 13.1. The van der Waals surface area contributed by atoms with E-state index in [-0.39, 0.29) is 36.8 Å². The summed E-state index contributed by atoms with van der Waals surface area (Å²) in [6.07, 6.45) is 7.84. The fourth-order valence-electron chi connectivity index (χ4n) is 2.53. The van der Waals surface area contributed by atoms with Crippen LogP contribution >= 0.6 is 12.4 Å². The normalized spacial score (nSPS) is 17.4. The van der Waals surface area contributed by atoms with Gasteiger partial charge in [0.05, 0.1) is 6.54 Å². The maximum atomic E-state index is 12.0. The molecular formula is C15H30ClN3O2. The molecule has 1 rings (SSSR count). The van der Waals surface area contributed by atoms with Gasteiger partial charge in [-0.25, -0.2) is 0 Å². The van der Waals surface area contributed by atoms with E-state index < -0.39 is 0 Å². The predicted molar refractivity (Wildman–Crippen MR) is 87.4 cm³/mol. The van der Waals surface area contributed by atoms with Crippen LogP contribution in [0.3, 0.4) is 0 Å². The highest BCUT2D eigenvalue weighted by Gasteiger charge is 2.19. The summed E-state index contributed by atoms with van der Waals surface area (Å²) in [4.78, 5) is 25.7. The average molecular weight is 320 g/mol. The lowest BCUT2D eigenvalue weighted by molar-refractivity contribution is -0.136. The second kappa shape index (κ2) is 11.8. The van der Waals surface area contributed by atoms with Crippen LogP contribution in [0.2, 0.25) is 0 Å². The Morgan fingerprint density at radius 3 is 2.71 bits per heavy atom. The first-order chi connectivity index (χ1) is 9.67. The molecule has 0 aliphatic carbocycles. The van der Waals surface area contributed by atoms with Crippen molar-refractivity contribution >= 4 is 24.2 Å². The van der Waals surface area contributed by atoms with Crippen molar-refractivity contribution in [1.29, 1.82) is 0 Å². The van der Waals surface area contributed by atoms with Gasteiger partial charge in [-0.1, -0.05) is 32.6 Å². The first kappa shape index (κ1) is 20.2. The number of carbonyl (C=O) groups excluding carboxylic acids is 2. The SMILES string of the molecule is CCCCC(CN)NC(=O)CN1CCCCCCC1=O.Cl. The first-order valence-corrected chi connectivity index (χ1v) is 7.94. The van der Waals surface area contributed by atoms with Crippen LogP contribution in [0.5, 0.6) is 0 Å². The van der Waals surface area contributed by atoms with Crippen LogP contribution in [0, 0.1) is 0 Å². The van der Waals surface area contributed by atoms with E-state index in [1.807, 2.05) is 0 Å². The molecule has 1 fully saturated rings. The molecule has 0 aromatic rings. The topological polar surface area (TPSA) is 75.4 Å². The minimum Gasteiger partial charge on any atom is -0.351 e. The van der Waals surface area contributed by atoms with Crippen molar-refractivity contribution in [1.82, 2.24) is 10.2 Å². The predicted octanol–water partition coefficient (Wildman–Crippen LogP) is 1.83. The summed E-state index contributed by atoms with van der Waals surface area (Å²) >= 11 is 0. The molecular weight excluding hydrogens is 290 g/mol. The van der Waals surface area contributed by atoms with Crippen molar-refractivity contribution in [2.24, 2.45) is 5.73 Å². The number of rotatable bonds is 7. The van der Waals surface area contributed by atoms with Gasteiger partial charge in [-0.15, -0.1) is 12.4 Å². The van der Waals surface area contributed by atoms with Crippen molar-refractivity contribution < 1.29 is 9.59 Å². The number of nitrogens with one attached hydrogen (secondary N) is 1. The Morgan fingerprint density at radius 1 is 1.33 bits per heavy atom. The molecule has 1 aliphatic heterocycles. The van der Waals surface area contributed by atoms with E-state index in [4.69, 9.17) is 5.73 Å². The van der Waals surface area contributed by atoms with Crippen LogP contribution in [0.4, 0.5) is 0 Å². The fourth-order valence-corrected chi connectivity index (χ4v) is 2.53. The number of hydrogen-bond donors (Lipinski definition) is 2. The largest absolute Gasteiger partial charge is 0.351 e. The van der Waals surface area contributed by atoms with Gasteiger partial charge in [0.1, 0.15) is 0 Å². The molecule has 0 saturated carbocycles. The third kappa shape index (κ3) is 8.27. The van der Waals surface area contributed by atoms with E-state index in [0.29, 0.717) is 19.5 Å². The Labute approximate surface area is 134 Å². The molecule has 3 N–H and O–H groups in total. The van der Waals surface area contributed by atoms with Crippen LogP contribution in [-0.4, -0.2) is 42.4 Å². The van der Waals surface area contributed by atoms with Crippen molar-refractivity contribution in [3.63, 3.8) is 0 Å². The quantitative estimate of drug-likeness (QED) is 0.751. The lowest BCUT2D eigenvalue weighted by atomic mass is 10.1. The van der Waals surface area contributed by atoms with E-state index in [1.54, 1.807) is 4.90 Å². The molecule has 1 atom stereocenters. The molecule has 1 saturated heterocycles. The summed E-state index contributed by atoms with van der Waals surface area (Å²) in [6, 6.07) is 0.0345. The van der Waals surface area contributed by atoms with Gasteiger partial charge in [-0.05, 0) is 19.3 Å². The van der Waals surface area contributed by atoms with E-state index in [0.717, 1.165) is 44.9 Å². The van der Waals surface area contributed by atoms with Crippen LogP contribution in [0.25, 0.3) is 0 Å². The molecule has 21 heavy (non-hydrogen) atoms. The highest BCUT2D eigenvalue weighted by molar-refractivity contribution is 5.85. The van der Waals surface area contributed by atoms with Gasteiger partial charge in [-0.3, -0.25) is 9.59 Å². The van der Waals surface area contributed by atoms with E-state index in [1.165, 1.54) is 0 Å². The molecule has 0 bridgehead atoms. The Bertz CT molecular complexity index is 313. The van der Waals surface area contributed by atoms with Crippen LogP contribution < -0.4 is 11.1 Å². The van der Waals surface area contributed by atoms with Crippen LogP contribution in [0.1, 0.15) is 58.3 Å². The second-order valence-corrected chi connectivity index (χ2v) is 5.62. The average Bonchev–Trinajstić information content (AvgIpc) is 2.43. The van der Waals surface area contributed by atoms with Gasteiger partial charge < -0.3 is 16.0 Å². The summed E-state index contributed by atoms with van der Waals surface area (Å²) in [5, 5.41) is 2.95. The molecule has 0 aromatic carbocycles. The number of unbranched alkanes of at least 4 members (excludes halogenated alkanes) is 1. The van der Waals surface area contributed by atoms with E-state index in [9.17, 15) is 9.59 Å². The van der Waals surface area contributed by atoms with E-state index in [2.05, 4.69) is 12.2 Å². The van der Waals surface area contributed by atoms with Gasteiger partial charge in [0.2, 0.25) is 11.8 Å². The highest BCUT2D eigenvalue weighted by Crippen LogP contribution is 2.11. The van der Waals surface area contributed by atoms with Crippen LogP contribution in [0.15, 0.2) is 0 Å². The summed E-state index contributed by atoms with van der Waals surface area (Å²) < 4.78 is 0. The Balaban J connectivity index is 0.00000400. The Morgan fingerprint density at radius 2 is 2.05 bits per heavy atom. The maximum Gasteiger partial charge on any atom is 0.239 e. The number of nitrogens with two attached hydrogens (primary N) is 1. The molecule has 1 aliphatic rings. The number of amides is 2. The summed E-state index contributed by atoms with van der Waals surface area (Å²) in [5.74, 6) is 0.0307. The molecule has 5 nitrogen and oxygen atoms in total. The van der Waals surface area contributed by atoms with Gasteiger partial charge in [0, 0.05) is 25.6 Å². The van der Waals surface area contributed by atoms with E-state index >= 15 is 0 Å². The standard InChI is InChI=1S/C15H29N3O2.ClH/c1-2-3-8-13(11-16)17-14(19)12-18-10-7-5-4-6-9-15(18)20;/h13H,2-12,16H2,1H3,(H,17,19);1H. The third-order valence-electron chi connectivity index (χ3n) is 3.81. The number of carbonyl (C=O) groups is 2. The Hall–Kier alpha value is -0.810. The molecule has 1 heterocycles. The number of hydrogen-bond acceptors (Lipinski definition) is 3.